The normalized spacial score (nSPS) is 10.8. The van der Waals surface area contributed by atoms with Gasteiger partial charge in [-0.15, -0.1) is 0 Å². The molecule has 3 nitrogen and oxygen atoms in total. The molecule has 0 unspecified atom stereocenters. The van der Waals surface area contributed by atoms with Crippen LogP contribution in [-0.4, -0.2) is 16.1 Å². The van der Waals surface area contributed by atoms with Gasteiger partial charge in [0.2, 0.25) is 0 Å². The molecule has 1 aromatic heterocycles. The van der Waals surface area contributed by atoms with Crippen molar-refractivity contribution < 1.29 is 0 Å². The molecule has 102 valence electrons. The summed E-state index contributed by atoms with van der Waals surface area (Å²) < 4.78 is 2.09. The molecule has 0 amide bonds. The van der Waals surface area contributed by atoms with Crippen LogP contribution >= 0.6 is 23.2 Å². The van der Waals surface area contributed by atoms with Gasteiger partial charge in [-0.25, -0.2) is 4.98 Å². The predicted molar refractivity (Wildman–Crippen MR) is 79.6 cm³/mol. The van der Waals surface area contributed by atoms with E-state index in [-0.39, 0.29) is 0 Å². The second-order valence-electron chi connectivity index (χ2n) is 4.42. The van der Waals surface area contributed by atoms with E-state index in [4.69, 9.17) is 23.2 Å². The number of hydrogen-bond acceptors (Lipinski definition) is 2. The number of imidazole rings is 1. The lowest BCUT2D eigenvalue weighted by atomic mass is 10.2. The smallest absolute Gasteiger partial charge is 0.0945 e. The van der Waals surface area contributed by atoms with E-state index in [9.17, 15) is 0 Å². The number of aromatic nitrogens is 2. The Morgan fingerprint density at radius 1 is 1.21 bits per heavy atom. The van der Waals surface area contributed by atoms with Gasteiger partial charge in [0.05, 0.1) is 6.33 Å². The lowest BCUT2D eigenvalue weighted by Crippen LogP contribution is -2.15. The molecule has 0 bridgehead atoms. The highest BCUT2D eigenvalue weighted by Gasteiger charge is 2.00. The molecule has 5 heteroatoms. The quantitative estimate of drug-likeness (QED) is 0.789. The summed E-state index contributed by atoms with van der Waals surface area (Å²) in [5.41, 5.74) is 1.08. The molecule has 1 aromatic carbocycles. The molecule has 0 radical (unpaired) electrons. The molecule has 0 spiro atoms. The van der Waals surface area contributed by atoms with Gasteiger partial charge in [-0.1, -0.05) is 29.3 Å². The minimum absolute atomic E-state index is 0.675. The molecule has 0 saturated carbocycles. The average Bonchev–Trinajstić information content (AvgIpc) is 2.89. The molecule has 0 atom stereocenters. The zero-order valence-corrected chi connectivity index (χ0v) is 12.2. The molecule has 0 aliphatic heterocycles. The largest absolute Gasteiger partial charge is 0.337 e. The van der Waals surface area contributed by atoms with Crippen molar-refractivity contribution in [2.45, 2.75) is 25.9 Å². The molecular weight excluding hydrogens is 281 g/mol. The maximum atomic E-state index is 6.10. The van der Waals surface area contributed by atoms with Crippen molar-refractivity contribution >= 4 is 23.2 Å². The molecule has 2 rings (SSSR count). The number of rotatable bonds is 7. The van der Waals surface area contributed by atoms with E-state index >= 15 is 0 Å². The number of unbranched alkanes of at least 4 members (excludes halogenated alkanes) is 1. The topological polar surface area (TPSA) is 29.9 Å². The summed E-state index contributed by atoms with van der Waals surface area (Å²) in [4.78, 5) is 4.02. The van der Waals surface area contributed by atoms with Crippen molar-refractivity contribution in [3.8, 4) is 0 Å². The number of nitrogens with one attached hydrogen (secondary N) is 1. The van der Waals surface area contributed by atoms with Crippen molar-refractivity contribution in [2.24, 2.45) is 0 Å². The fraction of sp³-hybridized carbons (Fsp3) is 0.357. The molecular formula is C14H17Cl2N3. The lowest BCUT2D eigenvalue weighted by molar-refractivity contribution is 0.568. The number of benzene rings is 1. The van der Waals surface area contributed by atoms with E-state index in [1.54, 1.807) is 12.3 Å². The van der Waals surface area contributed by atoms with Crippen LogP contribution in [0.1, 0.15) is 18.4 Å². The van der Waals surface area contributed by atoms with Crippen molar-refractivity contribution in [3.63, 3.8) is 0 Å². The summed E-state index contributed by atoms with van der Waals surface area (Å²) in [5.74, 6) is 0. The van der Waals surface area contributed by atoms with Crippen LogP contribution in [0, 0.1) is 0 Å². The van der Waals surface area contributed by atoms with Gasteiger partial charge < -0.3 is 9.88 Å². The number of hydrogen-bond donors (Lipinski definition) is 1. The molecule has 0 fully saturated rings. The van der Waals surface area contributed by atoms with Gasteiger partial charge in [-0.2, -0.15) is 0 Å². The van der Waals surface area contributed by atoms with Crippen LogP contribution < -0.4 is 5.32 Å². The maximum Gasteiger partial charge on any atom is 0.0945 e. The van der Waals surface area contributed by atoms with E-state index in [0.29, 0.717) is 5.02 Å². The van der Waals surface area contributed by atoms with Crippen molar-refractivity contribution in [2.75, 3.05) is 6.54 Å². The van der Waals surface area contributed by atoms with Gasteiger partial charge in [-0.05, 0) is 37.1 Å². The molecule has 0 aliphatic carbocycles. The maximum absolute atomic E-state index is 6.10. The Kier molecular flexibility index (Phi) is 5.70. The zero-order valence-electron chi connectivity index (χ0n) is 10.6. The summed E-state index contributed by atoms with van der Waals surface area (Å²) in [6, 6.07) is 5.60. The average molecular weight is 298 g/mol. The zero-order chi connectivity index (χ0) is 13.5. The molecule has 1 heterocycles. The van der Waals surface area contributed by atoms with E-state index in [2.05, 4.69) is 14.9 Å². The molecule has 0 aliphatic rings. The SMILES string of the molecule is Clc1ccc(CNCCCCn2ccnc2)c(Cl)c1. The minimum atomic E-state index is 0.675. The third-order valence-electron chi connectivity index (χ3n) is 2.91. The first kappa shape index (κ1) is 14.4. The first-order chi connectivity index (χ1) is 9.25. The Morgan fingerprint density at radius 2 is 2.11 bits per heavy atom. The Hall–Kier alpha value is -1.03. The summed E-state index contributed by atoms with van der Waals surface area (Å²) in [5, 5.41) is 4.79. The number of nitrogens with zero attached hydrogens (tertiary/aromatic N) is 2. The fourth-order valence-electron chi connectivity index (χ4n) is 1.85. The van der Waals surface area contributed by atoms with Crippen LogP contribution in [-0.2, 0) is 13.1 Å². The van der Waals surface area contributed by atoms with Crippen LogP contribution in [0.2, 0.25) is 10.0 Å². The monoisotopic (exact) mass is 297 g/mol. The van der Waals surface area contributed by atoms with E-state index < -0.39 is 0 Å². The second-order valence-corrected chi connectivity index (χ2v) is 5.26. The van der Waals surface area contributed by atoms with E-state index in [1.807, 2.05) is 24.7 Å². The second kappa shape index (κ2) is 7.53. The molecule has 2 aromatic rings. The predicted octanol–water partition coefficient (Wildman–Crippen LogP) is 3.76. The van der Waals surface area contributed by atoms with Gasteiger partial charge in [0.15, 0.2) is 0 Å². The van der Waals surface area contributed by atoms with Crippen LogP contribution in [0.5, 0.6) is 0 Å². The van der Waals surface area contributed by atoms with Crippen LogP contribution in [0.15, 0.2) is 36.9 Å². The standard InChI is InChI=1S/C14H17Cl2N3/c15-13-4-3-12(14(16)9-13)10-17-5-1-2-7-19-8-6-18-11-19/h3-4,6,8-9,11,17H,1-2,5,7,10H2. The Labute approximate surface area is 123 Å². The summed E-state index contributed by atoms with van der Waals surface area (Å²) in [6.45, 7) is 2.78. The molecule has 0 saturated heterocycles. The minimum Gasteiger partial charge on any atom is -0.337 e. The van der Waals surface area contributed by atoms with Crippen LogP contribution in [0.3, 0.4) is 0 Å². The number of aryl methyl sites for hydroxylation is 1. The first-order valence-corrected chi connectivity index (χ1v) is 7.11. The van der Waals surface area contributed by atoms with Gasteiger partial charge in [0.25, 0.3) is 0 Å². The van der Waals surface area contributed by atoms with E-state index in [1.165, 1.54) is 0 Å². The first-order valence-electron chi connectivity index (χ1n) is 6.36. The van der Waals surface area contributed by atoms with Gasteiger partial charge in [0, 0.05) is 35.5 Å². The highest BCUT2D eigenvalue weighted by Crippen LogP contribution is 2.20. The number of halogens is 2. The third-order valence-corrected chi connectivity index (χ3v) is 3.50. The van der Waals surface area contributed by atoms with Gasteiger partial charge in [-0.3, -0.25) is 0 Å². The van der Waals surface area contributed by atoms with Gasteiger partial charge >= 0.3 is 0 Å². The van der Waals surface area contributed by atoms with Crippen LogP contribution in [0.25, 0.3) is 0 Å². The highest BCUT2D eigenvalue weighted by molar-refractivity contribution is 6.35. The summed E-state index contributed by atoms with van der Waals surface area (Å²) in [7, 11) is 0. The third kappa shape index (κ3) is 4.86. The Bertz CT molecular complexity index is 497. The molecule has 1 N–H and O–H groups in total. The summed E-state index contributed by atoms with van der Waals surface area (Å²) in [6.07, 6.45) is 7.91. The summed E-state index contributed by atoms with van der Waals surface area (Å²) >= 11 is 12.0. The van der Waals surface area contributed by atoms with E-state index in [0.717, 1.165) is 43.1 Å². The highest BCUT2D eigenvalue weighted by atomic mass is 35.5. The Morgan fingerprint density at radius 3 is 2.84 bits per heavy atom. The molecule has 19 heavy (non-hydrogen) atoms. The lowest BCUT2D eigenvalue weighted by Gasteiger charge is -2.07. The van der Waals surface area contributed by atoms with Crippen molar-refractivity contribution in [3.05, 3.63) is 52.5 Å². The van der Waals surface area contributed by atoms with Crippen molar-refractivity contribution in [1.82, 2.24) is 14.9 Å². The van der Waals surface area contributed by atoms with Crippen molar-refractivity contribution in [1.29, 1.82) is 0 Å². The van der Waals surface area contributed by atoms with Crippen LogP contribution in [0.4, 0.5) is 0 Å². The van der Waals surface area contributed by atoms with Gasteiger partial charge in [0.1, 0.15) is 0 Å². The Balaban J connectivity index is 1.61. The fourth-order valence-corrected chi connectivity index (χ4v) is 2.33.